The molecule has 1 aromatic rings. The molecule has 0 bridgehead atoms. The lowest BCUT2D eigenvalue weighted by Crippen LogP contribution is -2.36. The van der Waals surface area contributed by atoms with Crippen molar-refractivity contribution in [3.05, 3.63) is 29.3 Å². The lowest BCUT2D eigenvalue weighted by atomic mass is 10.00. The van der Waals surface area contributed by atoms with Gasteiger partial charge in [-0.1, -0.05) is 32.8 Å². The molecule has 138 valence electrons. The third kappa shape index (κ3) is 5.89. The van der Waals surface area contributed by atoms with Crippen molar-refractivity contribution in [3.8, 4) is 11.5 Å². The van der Waals surface area contributed by atoms with E-state index in [0.29, 0.717) is 13.0 Å². The summed E-state index contributed by atoms with van der Waals surface area (Å²) in [6.07, 6.45) is 7.11. The quantitative estimate of drug-likeness (QED) is 0.493. The normalized spacial score (nSPS) is 17.1. The average Bonchev–Trinajstić information content (AvgIpc) is 2.62. The molecule has 4 nitrogen and oxygen atoms in total. The van der Waals surface area contributed by atoms with Crippen LogP contribution in [0.4, 0.5) is 0 Å². The van der Waals surface area contributed by atoms with Gasteiger partial charge in [0.25, 0.3) is 0 Å². The van der Waals surface area contributed by atoms with Gasteiger partial charge in [0, 0.05) is 25.1 Å². The van der Waals surface area contributed by atoms with Crippen molar-refractivity contribution in [1.29, 1.82) is 0 Å². The first-order chi connectivity index (χ1) is 12.2. The Labute approximate surface area is 151 Å². The number of carbonyl (C=O) groups is 1. The molecule has 0 aromatic heterocycles. The van der Waals surface area contributed by atoms with Gasteiger partial charge in [-0.05, 0) is 43.2 Å². The van der Waals surface area contributed by atoms with Crippen molar-refractivity contribution in [1.82, 2.24) is 4.90 Å². The molecule has 1 fully saturated rings. The molecule has 0 saturated carbocycles. The number of benzene rings is 1. The molecule has 0 atom stereocenters. The summed E-state index contributed by atoms with van der Waals surface area (Å²) in [5.41, 5.74) is 1.87. The van der Waals surface area contributed by atoms with E-state index < -0.39 is 0 Å². The van der Waals surface area contributed by atoms with Crippen LogP contribution in [0.5, 0.6) is 11.5 Å². The number of piperidine rings is 1. The van der Waals surface area contributed by atoms with Crippen molar-refractivity contribution in [2.75, 3.05) is 33.4 Å². The highest BCUT2D eigenvalue weighted by Crippen LogP contribution is 2.29. The highest BCUT2D eigenvalue weighted by atomic mass is 16.5. The summed E-state index contributed by atoms with van der Waals surface area (Å²) in [5, 5.41) is 0. The highest BCUT2D eigenvalue weighted by molar-refractivity contribution is 6.00. The van der Waals surface area contributed by atoms with Crippen LogP contribution in [0.25, 0.3) is 6.08 Å². The van der Waals surface area contributed by atoms with Crippen molar-refractivity contribution < 1.29 is 14.3 Å². The van der Waals surface area contributed by atoms with E-state index in [-0.39, 0.29) is 5.78 Å². The number of ether oxygens (including phenoxy) is 2. The molecule has 1 heterocycles. The van der Waals surface area contributed by atoms with Gasteiger partial charge in [0.05, 0.1) is 13.7 Å². The van der Waals surface area contributed by atoms with Crippen molar-refractivity contribution >= 4 is 11.9 Å². The van der Waals surface area contributed by atoms with Crippen LogP contribution in [0.3, 0.4) is 0 Å². The van der Waals surface area contributed by atoms with Crippen LogP contribution in [0.1, 0.15) is 51.5 Å². The van der Waals surface area contributed by atoms with E-state index in [9.17, 15) is 4.79 Å². The van der Waals surface area contributed by atoms with Crippen LogP contribution < -0.4 is 9.47 Å². The molecule has 0 amide bonds. The fourth-order valence-electron chi connectivity index (χ4n) is 3.09. The SMILES string of the molecule is CCCCCOc1ccc(/C=C2\CN(CCC)CCC2=O)cc1OC. The number of Topliss-reactive ketones (excluding diaryl/α,β-unsaturated/α-hetero) is 1. The Balaban J connectivity index is 2.09. The van der Waals surface area contributed by atoms with Crippen LogP contribution >= 0.6 is 0 Å². The van der Waals surface area contributed by atoms with Gasteiger partial charge in [-0.15, -0.1) is 0 Å². The van der Waals surface area contributed by atoms with E-state index in [0.717, 1.165) is 55.1 Å². The molecule has 1 aromatic carbocycles. The molecule has 0 aliphatic carbocycles. The smallest absolute Gasteiger partial charge is 0.161 e. The minimum Gasteiger partial charge on any atom is -0.493 e. The number of likely N-dealkylation sites (tertiary alicyclic amines) is 1. The molecule has 0 N–H and O–H groups in total. The fourth-order valence-corrected chi connectivity index (χ4v) is 3.09. The largest absolute Gasteiger partial charge is 0.493 e. The molecule has 0 unspecified atom stereocenters. The third-order valence-corrected chi connectivity index (χ3v) is 4.48. The van der Waals surface area contributed by atoms with Gasteiger partial charge in [0.15, 0.2) is 17.3 Å². The lowest BCUT2D eigenvalue weighted by Gasteiger charge is -2.27. The summed E-state index contributed by atoms with van der Waals surface area (Å²) in [4.78, 5) is 14.6. The number of rotatable bonds is 9. The number of hydrogen-bond acceptors (Lipinski definition) is 4. The Morgan fingerprint density at radius 1 is 1.16 bits per heavy atom. The van der Waals surface area contributed by atoms with Crippen LogP contribution in [-0.4, -0.2) is 44.0 Å². The summed E-state index contributed by atoms with van der Waals surface area (Å²) in [7, 11) is 1.65. The lowest BCUT2D eigenvalue weighted by molar-refractivity contribution is -0.117. The summed E-state index contributed by atoms with van der Waals surface area (Å²) in [6, 6.07) is 5.89. The molecule has 2 rings (SSSR count). The summed E-state index contributed by atoms with van der Waals surface area (Å²) >= 11 is 0. The first-order valence-electron chi connectivity index (χ1n) is 9.44. The summed E-state index contributed by atoms with van der Waals surface area (Å²) in [5.74, 6) is 1.74. The number of carbonyl (C=O) groups excluding carboxylic acids is 1. The Morgan fingerprint density at radius 2 is 2.00 bits per heavy atom. The zero-order valence-corrected chi connectivity index (χ0v) is 15.8. The second-order valence-electron chi connectivity index (χ2n) is 6.58. The van der Waals surface area contributed by atoms with Crippen LogP contribution in [0.15, 0.2) is 23.8 Å². The maximum atomic E-state index is 12.2. The van der Waals surface area contributed by atoms with E-state index in [1.807, 2.05) is 24.3 Å². The zero-order chi connectivity index (χ0) is 18.1. The minimum atomic E-state index is 0.256. The number of unbranched alkanes of at least 4 members (excludes halogenated alkanes) is 2. The van der Waals surface area contributed by atoms with Crippen molar-refractivity contribution in [2.45, 2.75) is 46.0 Å². The Hall–Kier alpha value is -1.81. The third-order valence-electron chi connectivity index (χ3n) is 4.48. The fraction of sp³-hybridized carbons (Fsp3) is 0.571. The summed E-state index contributed by atoms with van der Waals surface area (Å²) < 4.78 is 11.3. The number of nitrogens with zero attached hydrogens (tertiary/aromatic N) is 1. The molecule has 1 aliphatic rings. The molecule has 1 aliphatic heterocycles. The number of methoxy groups -OCH3 is 1. The van der Waals surface area contributed by atoms with Gasteiger partial charge < -0.3 is 9.47 Å². The standard InChI is InChI=1S/C21H31NO3/c1-4-6-7-13-25-20-9-8-17(15-21(20)24-3)14-18-16-22(11-5-2)12-10-19(18)23/h8-9,14-15H,4-7,10-13,16H2,1-3H3/b18-14+. The van der Waals surface area contributed by atoms with Gasteiger partial charge in [0.1, 0.15) is 0 Å². The molecule has 25 heavy (non-hydrogen) atoms. The van der Waals surface area contributed by atoms with Crippen molar-refractivity contribution in [3.63, 3.8) is 0 Å². The van der Waals surface area contributed by atoms with Gasteiger partial charge in [-0.3, -0.25) is 9.69 Å². The molecule has 4 heteroatoms. The van der Waals surface area contributed by atoms with Crippen molar-refractivity contribution in [2.24, 2.45) is 0 Å². The topological polar surface area (TPSA) is 38.8 Å². The maximum absolute atomic E-state index is 12.2. The maximum Gasteiger partial charge on any atom is 0.161 e. The molecular weight excluding hydrogens is 314 g/mol. The van der Waals surface area contributed by atoms with E-state index in [1.54, 1.807) is 7.11 Å². The first-order valence-corrected chi connectivity index (χ1v) is 9.44. The van der Waals surface area contributed by atoms with Crippen LogP contribution in [0.2, 0.25) is 0 Å². The van der Waals surface area contributed by atoms with Gasteiger partial charge in [-0.25, -0.2) is 0 Å². The van der Waals surface area contributed by atoms with E-state index >= 15 is 0 Å². The Bertz CT molecular complexity index is 595. The summed E-state index contributed by atoms with van der Waals surface area (Å²) in [6.45, 7) is 7.71. The predicted molar refractivity (Wildman–Crippen MR) is 102 cm³/mol. The van der Waals surface area contributed by atoms with E-state index in [4.69, 9.17) is 9.47 Å². The van der Waals surface area contributed by atoms with E-state index in [2.05, 4.69) is 18.7 Å². The van der Waals surface area contributed by atoms with Gasteiger partial charge >= 0.3 is 0 Å². The number of hydrogen-bond donors (Lipinski definition) is 0. The highest BCUT2D eigenvalue weighted by Gasteiger charge is 2.20. The predicted octanol–water partition coefficient (Wildman–Crippen LogP) is 4.33. The second-order valence-corrected chi connectivity index (χ2v) is 6.58. The first kappa shape index (κ1) is 19.5. The average molecular weight is 345 g/mol. The zero-order valence-electron chi connectivity index (χ0n) is 15.8. The van der Waals surface area contributed by atoms with E-state index in [1.165, 1.54) is 12.8 Å². The molecule has 0 radical (unpaired) electrons. The van der Waals surface area contributed by atoms with Gasteiger partial charge in [-0.2, -0.15) is 0 Å². The Kier molecular flexibility index (Phi) is 7.99. The Morgan fingerprint density at radius 3 is 2.72 bits per heavy atom. The second kappa shape index (κ2) is 10.2. The van der Waals surface area contributed by atoms with Crippen LogP contribution in [-0.2, 0) is 4.79 Å². The molecule has 0 spiro atoms. The molecular formula is C21H31NO3. The minimum absolute atomic E-state index is 0.256. The monoisotopic (exact) mass is 345 g/mol. The number of ketones is 1. The van der Waals surface area contributed by atoms with Crippen LogP contribution in [0, 0.1) is 0 Å². The molecule has 1 saturated heterocycles. The van der Waals surface area contributed by atoms with Gasteiger partial charge in [0.2, 0.25) is 0 Å².